The molecule has 0 aliphatic carbocycles. The third-order valence-corrected chi connectivity index (χ3v) is 5.26. The van der Waals surface area contributed by atoms with Crippen LogP contribution in [0.15, 0.2) is 23.1 Å². The highest BCUT2D eigenvalue weighted by Crippen LogP contribution is 2.23. The van der Waals surface area contributed by atoms with Crippen molar-refractivity contribution < 1.29 is 17.9 Å². The number of ether oxygens (including phenoxy) is 1. The Morgan fingerprint density at radius 3 is 2.81 bits per heavy atom. The number of carbonyl (C=O) groups is 1. The molecule has 0 saturated carbocycles. The van der Waals surface area contributed by atoms with Gasteiger partial charge in [0.15, 0.2) is 0 Å². The van der Waals surface area contributed by atoms with Crippen molar-refractivity contribution in [1.82, 2.24) is 10.0 Å². The van der Waals surface area contributed by atoms with Crippen LogP contribution in [0.4, 0.5) is 0 Å². The van der Waals surface area contributed by atoms with E-state index in [-0.39, 0.29) is 21.5 Å². The van der Waals surface area contributed by atoms with E-state index in [1.54, 1.807) is 0 Å². The quantitative estimate of drug-likeness (QED) is 0.808. The molecule has 116 valence electrons. The van der Waals surface area contributed by atoms with E-state index in [0.29, 0.717) is 6.54 Å². The number of nitrogens with one attached hydrogen (secondary N) is 2. The molecule has 1 saturated heterocycles. The minimum Gasteiger partial charge on any atom is -0.465 e. The number of sulfonamides is 1. The van der Waals surface area contributed by atoms with Gasteiger partial charge in [0.05, 0.1) is 17.7 Å². The summed E-state index contributed by atoms with van der Waals surface area (Å²) < 4.78 is 31.9. The Morgan fingerprint density at radius 2 is 2.24 bits per heavy atom. The summed E-state index contributed by atoms with van der Waals surface area (Å²) >= 11 is 5.99. The molecule has 1 aromatic rings. The highest BCUT2D eigenvalue weighted by molar-refractivity contribution is 7.89. The average molecular weight is 333 g/mol. The minimum absolute atomic E-state index is 0.00540. The third-order valence-electron chi connectivity index (χ3n) is 3.26. The number of rotatable bonds is 4. The molecule has 0 radical (unpaired) electrons. The SMILES string of the molecule is COC(=O)c1ccc(S(=O)(=O)NC2CCCNC2)c(Cl)c1. The fourth-order valence-corrected chi connectivity index (χ4v) is 4.01. The van der Waals surface area contributed by atoms with Gasteiger partial charge in [-0.2, -0.15) is 0 Å². The summed E-state index contributed by atoms with van der Waals surface area (Å²) in [5.41, 5.74) is 0.209. The molecule has 6 nitrogen and oxygen atoms in total. The molecule has 21 heavy (non-hydrogen) atoms. The lowest BCUT2D eigenvalue weighted by Gasteiger charge is -2.23. The molecular weight excluding hydrogens is 316 g/mol. The Labute approximate surface area is 128 Å². The van der Waals surface area contributed by atoms with E-state index < -0.39 is 16.0 Å². The Morgan fingerprint density at radius 1 is 1.48 bits per heavy atom. The van der Waals surface area contributed by atoms with Crippen molar-refractivity contribution in [3.63, 3.8) is 0 Å². The third kappa shape index (κ3) is 3.94. The van der Waals surface area contributed by atoms with Gasteiger partial charge in [0.25, 0.3) is 0 Å². The van der Waals surface area contributed by atoms with E-state index >= 15 is 0 Å². The van der Waals surface area contributed by atoms with Crippen LogP contribution in [0.3, 0.4) is 0 Å². The predicted octanol–water partition coefficient (Wildman–Crippen LogP) is 1.16. The average Bonchev–Trinajstić information content (AvgIpc) is 2.46. The lowest BCUT2D eigenvalue weighted by molar-refractivity contribution is 0.0600. The summed E-state index contributed by atoms with van der Waals surface area (Å²) in [5.74, 6) is -0.565. The van der Waals surface area contributed by atoms with Gasteiger partial charge < -0.3 is 10.1 Å². The van der Waals surface area contributed by atoms with Crippen molar-refractivity contribution in [1.29, 1.82) is 0 Å². The normalized spacial score (nSPS) is 19.2. The second kappa shape index (κ2) is 6.74. The standard InChI is InChI=1S/C13H17ClN2O4S/c1-20-13(17)9-4-5-12(11(14)7-9)21(18,19)16-10-3-2-6-15-8-10/h4-5,7,10,15-16H,2-3,6,8H2,1H3. The first-order chi connectivity index (χ1) is 9.94. The number of hydrogen-bond donors (Lipinski definition) is 2. The number of methoxy groups -OCH3 is 1. The van der Waals surface area contributed by atoms with Gasteiger partial charge >= 0.3 is 5.97 Å². The topological polar surface area (TPSA) is 84.5 Å². The number of carbonyl (C=O) groups excluding carboxylic acids is 1. The van der Waals surface area contributed by atoms with Crippen LogP contribution in [0, 0.1) is 0 Å². The molecule has 2 rings (SSSR count). The van der Waals surface area contributed by atoms with Crippen molar-refractivity contribution in [3.05, 3.63) is 28.8 Å². The van der Waals surface area contributed by atoms with Gasteiger partial charge in [0.2, 0.25) is 10.0 Å². The summed E-state index contributed by atoms with van der Waals surface area (Å²) in [6.07, 6.45) is 1.70. The number of piperidine rings is 1. The number of benzene rings is 1. The molecule has 0 aromatic heterocycles. The highest BCUT2D eigenvalue weighted by atomic mass is 35.5. The Bertz CT molecular complexity index is 627. The van der Waals surface area contributed by atoms with Crippen molar-refractivity contribution in [2.24, 2.45) is 0 Å². The Hall–Kier alpha value is -1.15. The van der Waals surface area contributed by atoms with Crippen LogP contribution in [0.25, 0.3) is 0 Å². The molecule has 0 spiro atoms. The molecule has 2 N–H and O–H groups in total. The molecule has 1 atom stereocenters. The molecule has 8 heteroatoms. The summed E-state index contributed by atoms with van der Waals surface area (Å²) in [5, 5.41) is 3.13. The zero-order valence-corrected chi connectivity index (χ0v) is 13.1. The van der Waals surface area contributed by atoms with Crippen molar-refractivity contribution in [3.8, 4) is 0 Å². The predicted molar refractivity (Wildman–Crippen MR) is 79.0 cm³/mol. The summed E-state index contributed by atoms with van der Waals surface area (Å²) in [7, 11) is -2.47. The summed E-state index contributed by atoms with van der Waals surface area (Å²) in [4.78, 5) is 11.3. The van der Waals surface area contributed by atoms with Crippen molar-refractivity contribution in [2.75, 3.05) is 20.2 Å². The number of halogens is 1. The smallest absolute Gasteiger partial charge is 0.337 e. The minimum atomic E-state index is -3.71. The van der Waals surface area contributed by atoms with Gasteiger partial charge in [0.1, 0.15) is 4.90 Å². The van der Waals surface area contributed by atoms with E-state index in [1.807, 2.05) is 0 Å². The summed E-state index contributed by atoms with van der Waals surface area (Å²) in [6, 6.07) is 3.83. The molecule has 1 unspecified atom stereocenters. The van der Waals surface area contributed by atoms with Crippen LogP contribution < -0.4 is 10.0 Å². The molecule has 1 aliphatic heterocycles. The highest BCUT2D eigenvalue weighted by Gasteiger charge is 2.24. The molecule has 0 amide bonds. The monoisotopic (exact) mass is 332 g/mol. The zero-order valence-electron chi connectivity index (χ0n) is 11.6. The first-order valence-electron chi connectivity index (χ1n) is 6.55. The summed E-state index contributed by atoms with van der Waals surface area (Å²) in [6.45, 7) is 1.49. The fraction of sp³-hybridized carbons (Fsp3) is 0.462. The number of hydrogen-bond acceptors (Lipinski definition) is 5. The van der Waals surface area contributed by atoms with Gasteiger partial charge in [-0.3, -0.25) is 0 Å². The van der Waals surface area contributed by atoms with Crippen LogP contribution in [0.1, 0.15) is 23.2 Å². The van der Waals surface area contributed by atoms with Crippen LogP contribution >= 0.6 is 11.6 Å². The zero-order chi connectivity index (χ0) is 15.5. The van der Waals surface area contributed by atoms with Gasteiger partial charge in [-0.05, 0) is 37.6 Å². The largest absolute Gasteiger partial charge is 0.465 e. The van der Waals surface area contributed by atoms with E-state index in [0.717, 1.165) is 19.4 Å². The maximum absolute atomic E-state index is 12.3. The van der Waals surface area contributed by atoms with Gasteiger partial charge in [0, 0.05) is 12.6 Å². The van der Waals surface area contributed by atoms with Crippen LogP contribution in [-0.2, 0) is 14.8 Å². The van der Waals surface area contributed by atoms with E-state index in [2.05, 4.69) is 14.8 Å². The van der Waals surface area contributed by atoms with Crippen molar-refractivity contribution in [2.45, 2.75) is 23.8 Å². The van der Waals surface area contributed by atoms with Crippen molar-refractivity contribution >= 4 is 27.6 Å². The second-order valence-corrected chi connectivity index (χ2v) is 6.89. The maximum Gasteiger partial charge on any atom is 0.337 e. The van der Waals surface area contributed by atoms with E-state index in [1.165, 1.54) is 25.3 Å². The lowest BCUT2D eigenvalue weighted by Crippen LogP contribution is -2.45. The Balaban J connectivity index is 2.21. The van der Waals surface area contributed by atoms with Gasteiger partial charge in [-0.1, -0.05) is 11.6 Å². The van der Waals surface area contributed by atoms with Gasteiger partial charge in [-0.15, -0.1) is 0 Å². The second-order valence-electron chi connectivity index (χ2n) is 4.80. The molecule has 1 heterocycles. The van der Waals surface area contributed by atoms with Crippen LogP contribution in [0.5, 0.6) is 0 Å². The fourth-order valence-electron chi connectivity index (χ4n) is 2.20. The van der Waals surface area contributed by atoms with E-state index in [9.17, 15) is 13.2 Å². The molecule has 1 fully saturated rings. The van der Waals surface area contributed by atoms with Crippen LogP contribution in [0.2, 0.25) is 5.02 Å². The number of esters is 1. The first kappa shape index (κ1) is 16.2. The molecule has 1 aliphatic rings. The molecule has 0 bridgehead atoms. The lowest BCUT2D eigenvalue weighted by atomic mass is 10.1. The Kier molecular flexibility index (Phi) is 5.21. The van der Waals surface area contributed by atoms with Crippen LogP contribution in [-0.4, -0.2) is 40.6 Å². The van der Waals surface area contributed by atoms with E-state index in [4.69, 9.17) is 11.6 Å². The van der Waals surface area contributed by atoms with Gasteiger partial charge in [-0.25, -0.2) is 17.9 Å². The molecular formula is C13H17ClN2O4S. The maximum atomic E-state index is 12.3. The first-order valence-corrected chi connectivity index (χ1v) is 8.41. The molecule has 1 aromatic carbocycles.